The predicted molar refractivity (Wildman–Crippen MR) is 153 cm³/mol. The number of cyclic esters (lactones) is 1. The van der Waals surface area contributed by atoms with Crippen molar-refractivity contribution in [3.63, 3.8) is 0 Å². The number of methoxy groups -OCH3 is 1. The number of carbonyl (C=O) groups is 2. The van der Waals surface area contributed by atoms with Gasteiger partial charge >= 0.3 is 12.0 Å². The van der Waals surface area contributed by atoms with E-state index in [4.69, 9.17) is 24.7 Å². The van der Waals surface area contributed by atoms with Gasteiger partial charge in [0, 0.05) is 43.1 Å². The summed E-state index contributed by atoms with van der Waals surface area (Å²) in [4.78, 5) is 23.5. The molecule has 4 saturated carbocycles. The lowest BCUT2D eigenvalue weighted by Gasteiger charge is -2.66. The van der Waals surface area contributed by atoms with E-state index in [0.29, 0.717) is 44.9 Å². The molecule has 43 heavy (non-hydrogen) atoms. The molecule has 2 amide bonds. The maximum absolute atomic E-state index is 12.6. The minimum atomic E-state index is -1.20. The second-order valence-corrected chi connectivity index (χ2v) is 14.1. The van der Waals surface area contributed by atoms with Crippen LogP contribution in [0.15, 0.2) is 16.8 Å². The zero-order valence-electron chi connectivity index (χ0n) is 25.4. The van der Waals surface area contributed by atoms with Gasteiger partial charge in [-0.1, -0.05) is 6.92 Å². The number of ether oxygens (including phenoxy) is 4. The van der Waals surface area contributed by atoms with Gasteiger partial charge in [0.1, 0.15) is 12.7 Å². The number of aliphatic hydroxyl groups excluding tert-OH is 1. The van der Waals surface area contributed by atoms with Crippen molar-refractivity contribution < 1.29 is 43.9 Å². The summed E-state index contributed by atoms with van der Waals surface area (Å²) in [5, 5.41) is 39.7. The van der Waals surface area contributed by atoms with Gasteiger partial charge in [0.25, 0.3) is 0 Å². The van der Waals surface area contributed by atoms with Gasteiger partial charge in [-0.15, -0.1) is 0 Å². The molecule has 2 heterocycles. The average Bonchev–Trinajstić information content (AvgIpc) is 3.50. The Balaban J connectivity index is 1.27. The molecule has 0 bridgehead atoms. The Morgan fingerprint density at radius 3 is 2.63 bits per heavy atom. The number of amides is 2. The molecule has 2 aliphatic heterocycles. The summed E-state index contributed by atoms with van der Waals surface area (Å²) < 4.78 is 23.1. The fourth-order valence-corrected chi connectivity index (χ4v) is 10.2. The summed E-state index contributed by atoms with van der Waals surface area (Å²) in [6.45, 7) is 4.23. The number of hydrogen-bond donors (Lipinski definition) is 5. The highest BCUT2D eigenvalue weighted by Crippen LogP contribution is 2.70. The van der Waals surface area contributed by atoms with Gasteiger partial charge in [0.15, 0.2) is 6.29 Å². The highest BCUT2D eigenvalue weighted by Gasteiger charge is 2.71. The average molecular weight is 606 g/mol. The summed E-state index contributed by atoms with van der Waals surface area (Å²) in [6, 6.07) is -0.783. The van der Waals surface area contributed by atoms with Crippen LogP contribution < -0.4 is 11.2 Å². The van der Waals surface area contributed by atoms with Gasteiger partial charge < -0.3 is 40.0 Å². The third kappa shape index (κ3) is 4.84. The van der Waals surface area contributed by atoms with E-state index in [-0.39, 0.29) is 36.4 Å². The number of nitrogens with one attached hydrogen (secondary N) is 1. The SMILES string of the molecule is CO[C@@H]1C[C@H](O[C@@H]2CC[C@]3(/C=N/NC(N)=O)[C@H]4CC[C@]5(C)[C@H](C6=CC(=O)OC6)CC[C@]5(O)[C@@H]4CC[C@]3(O)C2)O[C@@H](C)[C@H]1O. The quantitative estimate of drug-likeness (QED) is 0.131. The molecule has 0 radical (unpaired) electrons. The van der Waals surface area contributed by atoms with Crippen molar-refractivity contribution in [2.75, 3.05) is 13.7 Å². The summed E-state index contributed by atoms with van der Waals surface area (Å²) in [5.74, 6) is -0.442. The standard InChI is InChI=1S/C31H47N3O9/c1-17-26(36)23(40-3)13-25(42-17)43-19-4-9-29(16-33-34-27(32)37)21-5-8-28(2)20(18-12-24(35)41-15-18)7-11-31(28,39)22(21)6-10-30(29,38)14-19/h12,16-17,19-23,25-26,36,38-39H,4-11,13-15H2,1-3H3,(H3,32,34,37)/b33-16+/t17-,19+,20-,21-,22+,23+,25-,26+,28+,29-,30-,31-/m0/s1. The molecular formula is C31H47N3O9. The first kappa shape index (κ1) is 30.9. The molecule has 0 aromatic carbocycles. The maximum atomic E-state index is 12.6. The first-order valence-electron chi connectivity index (χ1n) is 15.8. The van der Waals surface area contributed by atoms with Crippen molar-refractivity contribution in [2.45, 2.75) is 120 Å². The zero-order valence-corrected chi connectivity index (χ0v) is 25.4. The number of fused-ring (bicyclic) bond motifs is 5. The fourth-order valence-electron chi connectivity index (χ4n) is 10.2. The van der Waals surface area contributed by atoms with Crippen LogP contribution in [0, 0.1) is 28.6 Å². The number of esters is 1. The molecule has 0 unspecified atom stereocenters. The van der Waals surface area contributed by atoms with Crippen LogP contribution in [0.1, 0.15) is 78.1 Å². The summed E-state index contributed by atoms with van der Waals surface area (Å²) in [7, 11) is 1.56. The monoisotopic (exact) mass is 605 g/mol. The lowest BCUT2D eigenvalue weighted by molar-refractivity contribution is -0.284. The largest absolute Gasteiger partial charge is 0.458 e. The lowest BCUT2D eigenvalue weighted by atomic mass is 9.41. The number of aliphatic hydroxyl groups is 3. The van der Waals surface area contributed by atoms with Crippen molar-refractivity contribution in [1.29, 1.82) is 0 Å². The summed E-state index contributed by atoms with van der Waals surface area (Å²) in [6.07, 6.45) is 6.66. The number of nitrogens with zero attached hydrogens (tertiary/aromatic N) is 1. The third-order valence-electron chi connectivity index (χ3n) is 12.4. The first-order valence-corrected chi connectivity index (χ1v) is 15.8. The molecule has 12 atom stereocenters. The number of carbonyl (C=O) groups excluding carboxylic acids is 2. The zero-order chi connectivity index (χ0) is 30.8. The molecule has 5 fully saturated rings. The molecule has 1 saturated heterocycles. The van der Waals surface area contributed by atoms with E-state index in [9.17, 15) is 24.9 Å². The van der Waals surface area contributed by atoms with E-state index < -0.39 is 52.7 Å². The number of nitrogens with two attached hydrogens (primary N) is 1. The van der Waals surface area contributed by atoms with E-state index in [0.717, 1.165) is 24.8 Å². The third-order valence-corrected chi connectivity index (χ3v) is 12.4. The Labute approximate surface area is 252 Å². The maximum Gasteiger partial charge on any atom is 0.332 e. The van der Waals surface area contributed by atoms with Crippen molar-refractivity contribution in [3.8, 4) is 0 Å². The number of rotatable bonds is 6. The van der Waals surface area contributed by atoms with E-state index in [2.05, 4.69) is 17.5 Å². The van der Waals surface area contributed by atoms with Crippen LogP contribution in [0.4, 0.5) is 4.79 Å². The second kappa shape index (κ2) is 11.1. The lowest BCUT2D eigenvalue weighted by Crippen LogP contribution is -2.69. The van der Waals surface area contributed by atoms with E-state index in [1.807, 2.05) is 0 Å². The highest BCUT2D eigenvalue weighted by molar-refractivity contribution is 5.85. The summed E-state index contributed by atoms with van der Waals surface area (Å²) in [5.41, 5.74) is 5.22. The summed E-state index contributed by atoms with van der Waals surface area (Å²) >= 11 is 0. The van der Waals surface area contributed by atoms with Gasteiger partial charge in [0.05, 0.1) is 29.5 Å². The first-order chi connectivity index (χ1) is 20.4. The molecule has 0 aromatic heterocycles. The molecule has 4 aliphatic carbocycles. The van der Waals surface area contributed by atoms with Gasteiger partial charge in [-0.2, -0.15) is 5.10 Å². The molecule has 240 valence electrons. The normalized spacial score (nSPS) is 49.5. The molecule has 6 aliphatic rings. The van der Waals surface area contributed by atoms with Crippen LogP contribution in [-0.2, 0) is 23.7 Å². The Bertz CT molecular complexity index is 1180. The molecule has 12 nitrogen and oxygen atoms in total. The van der Waals surface area contributed by atoms with E-state index in [1.54, 1.807) is 26.3 Å². The van der Waals surface area contributed by atoms with E-state index >= 15 is 0 Å². The van der Waals surface area contributed by atoms with Crippen molar-refractivity contribution in [3.05, 3.63) is 11.6 Å². The van der Waals surface area contributed by atoms with Gasteiger partial charge in [-0.25, -0.2) is 15.0 Å². The molecule has 0 aromatic rings. The minimum absolute atomic E-state index is 0.0586. The molecular weight excluding hydrogens is 558 g/mol. The second-order valence-electron chi connectivity index (χ2n) is 14.1. The van der Waals surface area contributed by atoms with Gasteiger partial charge in [-0.3, -0.25) is 0 Å². The topological polar surface area (TPSA) is 182 Å². The van der Waals surface area contributed by atoms with Crippen molar-refractivity contribution in [2.24, 2.45) is 39.4 Å². The van der Waals surface area contributed by atoms with Crippen LogP contribution in [0.25, 0.3) is 0 Å². The Hall–Kier alpha value is -2.09. The molecule has 0 spiro atoms. The Morgan fingerprint density at radius 2 is 1.93 bits per heavy atom. The van der Waals surface area contributed by atoms with Gasteiger partial charge in [0.2, 0.25) is 0 Å². The van der Waals surface area contributed by atoms with Gasteiger partial charge in [-0.05, 0) is 81.6 Å². The van der Waals surface area contributed by atoms with E-state index in [1.165, 1.54) is 0 Å². The van der Waals surface area contributed by atoms with Crippen LogP contribution in [-0.4, -0.2) is 89.2 Å². The highest BCUT2D eigenvalue weighted by atomic mass is 16.7. The number of primary amides is 1. The van der Waals surface area contributed by atoms with Crippen molar-refractivity contribution >= 4 is 18.2 Å². The predicted octanol–water partition coefficient (Wildman–Crippen LogP) is 1.89. The number of urea groups is 1. The molecule has 6 rings (SSSR count). The number of hydrogen-bond acceptors (Lipinski definition) is 10. The van der Waals surface area contributed by atoms with Crippen molar-refractivity contribution in [1.82, 2.24) is 5.43 Å². The number of hydrazone groups is 1. The Morgan fingerprint density at radius 1 is 1.16 bits per heavy atom. The van der Waals surface area contributed by atoms with Crippen LogP contribution in [0.3, 0.4) is 0 Å². The smallest absolute Gasteiger partial charge is 0.332 e. The van der Waals surface area contributed by atoms with Crippen LogP contribution >= 0.6 is 0 Å². The molecule has 6 N–H and O–H groups in total. The van der Waals surface area contributed by atoms with Crippen LogP contribution in [0.2, 0.25) is 0 Å². The Kier molecular flexibility index (Phi) is 7.95. The fraction of sp³-hybridized carbons (Fsp3) is 0.839. The van der Waals surface area contributed by atoms with Crippen LogP contribution in [0.5, 0.6) is 0 Å². The minimum Gasteiger partial charge on any atom is -0.458 e. The molecule has 12 heteroatoms.